The maximum Gasteiger partial charge on any atom is 0.225 e. The number of carbonyl (C=O) groups excluding carboxylic acids is 1. The van der Waals surface area contributed by atoms with Crippen LogP contribution in [0.1, 0.15) is 37.2 Å². The first-order chi connectivity index (χ1) is 16.3. The molecule has 5 rings (SSSR count). The molecule has 0 unspecified atom stereocenters. The Morgan fingerprint density at radius 2 is 1.65 bits per heavy atom. The van der Waals surface area contributed by atoms with E-state index in [1.54, 1.807) is 17.0 Å². The molecule has 1 aliphatic carbocycles. The molecule has 3 N–H and O–H groups in total. The summed E-state index contributed by atoms with van der Waals surface area (Å²) in [7, 11) is 0. The summed E-state index contributed by atoms with van der Waals surface area (Å²) in [5, 5.41) is 19.6. The quantitative estimate of drug-likeness (QED) is 0.517. The van der Waals surface area contributed by atoms with Crippen LogP contribution in [-0.2, 0) is 4.79 Å². The van der Waals surface area contributed by atoms with Crippen LogP contribution in [0.25, 0.3) is 22.2 Å². The minimum absolute atomic E-state index is 0.0428. The number of nitrogens with one attached hydrogen (secondary N) is 1. The molecule has 3 aromatic rings. The summed E-state index contributed by atoms with van der Waals surface area (Å²) < 4.78 is 42.1. The molecule has 1 amide bonds. The molecule has 2 heterocycles. The monoisotopic (exact) mass is 472 g/mol. The second-order valence-electron chi connectivity index (χ2n) is 9.74. The highest BCUT2D eigenvalue weighted by Crippen LogP contribution is 2.49. The number of piperidine rings is 1. The summed E-state index contributed by atoms with van der Waals surface area (Å²) in [5.41, 5.74) is 1.71. The Bertz CT molecular complexity index is 1200. The summed E-state index contributed by atoms with van der Waals surface area (Å²) in [6.07, 6.45) is 2.22. The van der Waals surface area contributed by atoms with Crippen molar-refractivity contribution in [2.75, 3.05) is 26.3 Å². The van der Waals surface area contributed by atoms with Crippen LogP contribution in [0.3, 0.4) is 0 Å². The van der Waals surface area contributed by atoms with Crippen molar-refractivity contribution in [3.63, 3.8) is 0 Å². The summed E-state index contributed by atoms with van der Waals surface area (Å²) in [6, 6.07) is 7.98. The van der Waals surface area contributed by atoms with E-state index in [2.05, 4.69) is 4.98 Å². The van der Waals surface area contributed by atoms with E-state index in [-0.39, 0.29) is 42.3 Å². The number of aliphatic hydroxyl groups is 2. The second-order valence-corrected chi connectivity index (χ2v) is 9.74. The smallest absolute Gasteiger partial charge is 0.225 e. The van der Waals surface area contributed by atoms with Crippen molar-refractivity contribution in [2.45, 2.75) is 31.6 Å². The van der Waals surface area contributed by atoms with Gasteiger partial charge >= 0.3 is 0 Å². The van der Waals surface area contributed by atoms with E-state index in [0.29, 0.717) is 55.4 Å². The van der Waals surface area contributed by atoms with Crippen LogP contribution in [0.5, 0.6) is 0 Å². The lowest BCUT2D eigenvalue weighted by Crippen LogP contribution is -2.49. The number of benzene rings is 2. The zero-order valence-electron chi connectivity index (χ0n) is 18.7. The molecule has 2 aromatic carbocycles. The molecule has 1 saturated carbocycles. The van der Waals surface area contributed by atoms with Crippen LogP contribution in [0, 0.1) is 28.8 Å². The molecule has 1 aliphatic heterocycles. The van der Waals surface area contributed by atoms with Gasteiger partial charge in [-0.2, -0.15) is 0 Å². The molecule has 2 fully saturated rings. The van der Waals surface area contributed by atoms with E-state index in [1.165, 1.54) is 18.2 Å². The fraction of sp³-hybridized carbons (Fsp3) is 0.423. The van der Waals surface area contributed by atoms with Gasteiger partial charge in [0.05, 0.1) is 24.4 Å². The lowest BCUT2D eigenvalue weighted by molar-refractivity contribution is -0.142. The van der Waals surface area contributed by atoms with Crippen LogP contribution in [0.2, 0.25) is 0 Å². The third-order valence-electron chi connectivity index (χ3n) is 7.70. The van der Waals surface area contributed by atoms with Crippen molar-refractivity contribution in [1.29, 1.82) is 0 Å². The zero-order valence-corrected chi connectivity index (χ0v) is 18.7. The minimum Gasteiger partial charge on any atom is -0.396 e. The molecule has 8 heteroatoms. The number of nitrogens with zero attached hydrogens (tertiary/aromatic N) is 1. The van der Waals surface area contributed by atoms with Gasteiger partial charge in [-0.3, -0.25) is 4.79 Å². The molecule has 180 valence electrons. The van der Waals surface area contributed by atoms with Crippen molar-refractivity contribution >= 4 is 16.8 Å². The number of hydrogen-bond donors (Lipinski definition) is 3. The van der Waals surface area contributed by atoms with Crippen LogP contribution < -0.4 is 0 Å². The Morgan fingerprint density at radius 3 is 2.26 bits per heavy atom. The third-order valence-corrected chi connectivity index (χ3v) is 7.70. The Morgan fingerprint density at radius 1 is 1.00 bits per heavy atom. The van der Waals surface area contributed by atoms with E-state index in [4.69, 9.17) is 0 Å². The molecule has 0 spiro atoms. The van der Waals surface area contributed by atoms with E-state index < -0.39 is 17.0 Å². The Kier molecular flexibility index (Phi) is 5.90. The zero-order chi connectivity index (χ0) is 24.0. The molecule has 0 radical (unpaired) electrons. The van der Waals surface area contributed by atoms with E-state index in [0.717, 1.165) is 11.6 Å². The molecule has 0 bridgehead atoms. The third kappa shape index (κ3) is 3.88. The molecule has 2 aliphatic rings. The maximum atomic E-state index is 14.5. The molecular weight excluding hydrogens is 445 g/mol. The Balaban J connectivity index is 1.39. The normalized spacial score (nSPS) is 22.1. The van der Waals surface area contributed by atoms with Gasteiger partial charge in [0.2, 0.25) is 5.91 Å². The van der Waals surface area contributed by atoms with Gasteiger partial charge in [0.15, 0.2) is 0 Å². The lowest BCUT2D eigenvalue weighted by atomic mass is 9.69. The SMILES string of the molecule is O=C(C1CC(c2c(-c3ccc(F)cc3)[nH]c3c(F)cc(F)cc23)C1)N1CCC(CO)(CO)CC1. The van der Waals surface area contributed by atoms with Crippen LogP contribution in [0.15, 0.2) is 36.4 Å². The number of hydrogen-bond acceptors (Lipinski definition) is 3. The van der Waals surface area contributed by atoms with E-state index in [1.807, 2.05) is 0 Å². The van der Waals surface area contributed by atoms with Crippen molar-refractivity contribution in [3.8, 4) is 11.3 Å². The maximum absolute atomic E-state index is 14.5. The number of aromatic nitrogens is 1. The van der Waals surface area contributed by atoms with Gasteiger partial charge < -0.3 is 20.1 Å². The largest absolute Gasteiger partial charge is 0.396 e. The fourth-order valence-corrected chi connectivity index (χ4v) is 5.39. The van der Waals surface area contributed by atoms with E-state index in [9.17, 15) is 28.2 Å². The van der Waals surface area contributed by atoms with Crippen molar-refractivity contribution in [2.24, 2.45) is 11.3 Å². The van der Waals surface area contributed by atoms with Crippen LogP contribution in [-0.4, -0.2) is 52.3 Å². The summed E-state index contributed by atoms with van der Waals surface area (Å²) >= 11 is 0. The molecule has 0 atom stereocenters. The van der Waals surface area contributed by atoms with Crippen molar-refractivity contribution in [3.05, 3.63) is 59.4 Å². The van der Waals surface area contributed by atoms with Crippen molar-refractivity contribution < 1.29 is 28.2 Å². The molecule has 5 nitrogen and oxygen atoms in total. The summed E-state index contributed by atoms with van der Waals surface area (Å²) in [4.78, 5) is 17.9. The van der Waals surface area contributed by atoms with Gasteiger partial charge in [0, 0.05) is 35.9 Å². The van der Waals surface area contributed by atoms with E-state index >= 15 is 0 Å². The first-order valence-electron chi connectivity index (χ1n) is 11.6. The Labute approximate surface area is 195 Å². The van der Waals surface area contributed by atoms with Gasteiger partial charge in [-0.05, 0) is 73.1 Å². The number of H-pyrrole nitrogens is 1. The fourth-order valence-electron chi connectivity index (χ4n) is 5.39. The first-order valence-corrected chi connectivity index (χ1v) is 11.6. The number of aliphatic hydroxyl groups excluding tert-OH is 2. The predicted molar refractivity (Wildman–Crippen MR) is 121 cm³/mol. The first kappa shape index (κ1) is 22.9. The molecule has 1 aromatic heterocycles. The number of halogens is 3. The number of likely N-dealkylation sites (tertiary alicyclic amines) is 1. The summed E-state index contributed by atoms with van der Waals surface area (Å²) in [5.74, 6) is -1.97. The average Bonchev–Trinajstić information content (AvgIpc) is 3.18. The lowest BCUT2D eigenvalue weighted by Gasteiger charge is -2.43. The standard InChI is InChI=1S/C26H27F3N2O3/c27-18-3-1-15(2-4-18)23-22(20-11-19(28)12-21(29)24(20)30-23)16-9-17(10-16)25(34)31-7-5-26(13-32,14-33)6-8-31/h1-4,11-12,16-17,30,32-33H,5-10,13-14H2. The number of aromatic amines is 1. The second kappa shape index (κ2) is 8.74. The van der Waals surface area contributed by atoms with Crippen molar-refractivity contribution in [1.82, 2.24) is 9.88 Å². The number of fused-ring (bicyclic) bond motifs is 1. The molecule has 1 saturated heterocycles. The Hall–Kier alpha value is -2.84. The molecule has 34 heavy (non-hydrogen) atoms. The highest BCUT2D eigenvalue weighted by atomic mass is 19.1. The predicted octanol–water partition coefficient (Wildman–Crippen LogP) is 4.34. The number of carbonyl (C=O) groups is 1. The van der Waals surface area contributed by atoms with Gasteiger partial charge in [-0.25, -0.2) is 13.2 Å². The van der Waals surface area contributed by atoms with Gasteiger partial charge in [0.25, 0.3) is 0 Å². The summed E-state index contributed by atoms with van der Waals surface area (Å²) in [6.45, 7) is 0.782. The minimum atomic E-state index is -0.693. The highest BCUT2D eigenvalue weighted by molar-refractivity contribution is 5.92. The number of amides is 1. The highest BCUT2D eigenvalue weighted by Gasteiger charge is 2.42. The van der Waals surface area contributed by atoms with Gasteiger partial charge in [-0.1, -0.05) is 0 Å². The average molecular weight is 473 g/mol. The number of rotatable bonds is 5. The van der Waals surface area contributed by atoms with Crippen LogP contribution >= 0.6 is 0 Å². The van der Waals surface area contributed by atoms with Crippen LogP contribution in [0.4, 0.5) is 13.2 Å². The van der Waals surface area contributed by atoms with Gasteiger partial charge in [-0.15, -0.1) is 0 Å². The molecular formula is C26H27F3N2O3. The van der Waals surface area contributed by atoms with Gasteiger partial charge in [0.1, 0.15) is 17.5 Å². The topological polar surface area (TPSA) is 76.6 Å².